The van der Waals surface area contributed by atoms with E-state index >= 15 is 0 Å². The van der Waals surface area contributed by atoms with E-state index in [4.69, 9.17) is 4.74 Å². The molecule has 1 aromatic carbocycles. The number of anilines is 2. The van der Waals surface area contributed by atoms with Gasteiger partial charge in [-0.25, -0.2) is 4.39 Å². The molecule has 0 aliphatic carbocycles. The highest BCUT2D eigenvalue weighted by Gasteiger charge is 2.07. The van der Waals surface area contributed by atoms with E-state index < -0.39 is 0 Å². The van der Waals surface area contributed by atoms with Crippen LogP contribution in [0.5, 0.6) is 6.01 Å². The molecule has 0 amide bonds. The first-order valence-electron chi connectivity index (χ1n) is 6.26. The Morgan fingerprint density at radius 3 is 2.60 bits per heavy atom. The van der Waals surface area contributed by atoms with Gasteiger partial charge >= 0.3 is 6.01 Å². The number of rotatable bonds is 6. The Morgan fingerprint density at radius 1 is 1.15 bits per heavy atom. The van der Waals surface area contributed by atoms with E-state index in [9.17, 15) is 4.39 Å². The summed E-state index contributed by atoms with van der Waals surface area (Å²) >= 11 is 0. The second-order valence-corrected chi connectivity index (χ2v) is 3.89. The number of ether oxygens (including phenoxy) is 1. The molecule has 0 spiro atoms. The summed E-state index contributed by atoms with van der Waals surface area (Å²) in [4.78, 5) is 12.3. The minimum atomic E-state index is -0.270. The van der Waals surface area contributed by atoms with E-state index in [1.165, 1.54) is 6.07 Å². The van der Waals surface area contributed by atoms with Crippen LogP contribution < -0.4 is 15.4 Å². The van der Waals surface area contributed by atoms with Gasteiger partial charge in [0.05, 0.1) is 6.61 Å². The van der Waals surface area contributed by atoms with Crippen molar-refractivity contribution >= 4 is 11.9 Å². The number of nitrogens with one attached hydrogen (secondary N) is 2. The Kier molecular flexibility index (Phi) is 4.65. The molecule has 0 radical (unpaired) electrons. The fourth-order valence-corrected chi connectivity index (χ4v) is 1.56. The summed E-state index contributed by atoms with van der Waals surface area (Å²) in [5.74, 6) is 0.448. The maximum atomic E-state index is 13.5. The van der Waals surface area contributed by atoms with Crippen LogP contribution in [-0.2, 0) is 6.54 Å². The van der Waals surface area contributed by atoms with Crippen molar-refractivity contribution < 1.29 is 9.13 Å². The van der Waals surface area contributed by atoms with Crippen LogP contribution in [0, 0.1) is 5.82 Å². The van der Waals surface area contributed by atoms with Gasteiger partial charge in [-0.3, -0.25) is 0 Å². The third-order valence-corrected chi connectivity index (χ3v) is 2.51. The standard InChI is InChI=1S/C13H16FN5O/c1-3-20-13-18-11(15-2)17-12(19-13)16-8-9-6-4-5-7-10(9)14/h4-7H,3,8H2,1-2H3,(H2,15,16,17,18,19). The first kappa shape index (κ1) is 14.0. The summed E-state index contributed by atoms with van der Waals surface area (Å²) in [6, 6.07) is 6.76. The van der Waals surface area contributed by atoms with Crippen LogP contribution in [0.3, 0.4) is 0 Å². The van der Waals surface area contributed by atoms with E-state index in [-0.39, 0.29) is 18.4 Å². The van der Waals surface area contributed by atoms with Crippen molar-refractivity contribution in [1.29, 1.82) is 0 Å². The minimum Gasteiger partial charge on any atom is -0.464 e. The molecule has 1 heterocycles. The highest BCUT2D eigenvalue weighted by atomic mass is 19.1. The Morgan fingerprint density at radius 2 is 1.90 bits per heavy atom. The lowest BCUT2D eigenvalue weighted by molar-refractivity contribution is 0.312. The second-order valence-electron chi connectivity index (χ2n) is 3.89. The molecule has 0 aliphatic heterocycles. The maximum absolute atomic E-state index is 13.5. The van der Waals surface area contributed by atoms with Crippen molar-refractivity contribution in [1.82, 2.24) is 15.0 Å². The van der Waals surface area contributed by atoms with Crippen LogP contribution in [0.1, 0.15) is 12.5 Å². The molecule has 2 rings (SSSR count). The average molecular weight is 277 g/mol. The topological polar surface area (TPSA) is 72.0 Å². The average Bonchev–Trinajstić information content (AvgIpc) is 2.46. The van der Waals surface area contributed by atoms with Crippen molar-refractivity contribution in [3.05, 3.63) is 35.6 Å². The smallest absolute Gasteiger partial charge is 0.323 e. The SMILES string of the molecule is CCOc1nc(NC)nc(NCc2ccccc2F)n1. The van der Waals surface area contributed by atoms with Crippen LogP contribution in [-0.4, -0.2) is 28.6 Å². The maximum Gasteiger partial charge on any atom is 0.323 e. The van der Waals surface area contributed by atoms with E-state index in [0.717, 1.165) is 0 Å². The zero-order valence-electron chi connectivity index (χ0n) is 11.4. The van der Waals surface area contributed by atoms with E-state index in [2.05, 4.69) is 25.6 Å². The second kappa shape index (κ2) is 6.65. The van der Waals surface area contributed by atoms with Crippen LogP contribution in [0.2, 0.25) is 0 Å². The van der Waals surface area contributed by atoms with Gasteiger partial charge in [-0.05, 0) is 13.0 Å². The minimum absolute atomic E-state index is 0.225. The lowest BCUT2D eigenvalue weighted by atomic mass is 10.2. The molecule has 2 aromatic rings. The van der Waals surface area contributed by atoms with Gasteiger partial charge in [0.2, 0.25) is 11.9 Å². The fraction of sp³-hybridized carbons (Fsp3) is 0.308. The van der Waals surface area contributed by atoms with Crippen molar-refractivity contribution in [3.8, 4) is 6.01 Å². The Bertz CT molecular complexity index is 578. The number of hydrogen-bond acceptors (Lipinski definition) is 6. The monoisotopic (exact) mass is 277 g/mol. The molecule has 20 heavy (non-hydrogen) atoms. The molecule has 106 valence electrons. The molecule has 0 saturated heterocycles. The molecule has 0 unspecified atom stereocenters. The summed E-state index contributed by atoms with van der Waals surface area (Å²) in [6.45, 7) is 2.58. The van der Waals surface area contributed by atoms with Gasteiger partial charge in [-0.1, -0.05) is 18.2 Å². The summed E-state index contributed by atoms with van der Waals surface area (Å²) in [6.07, 6.45) is 0. The van der Waals surface area contributed by atoms with Gasteiger partial charge in [0.25, 0.3) is 0 Å². The Balaban J connectivity index is 2.12. The van der Waals surface area contributed by atoms with Gasteiger partial charge in [0, 0.05) is 19.2 Å². The summed E-state index contributed by atoms with van der Waals surface area (Å²) in [5, 5.41) is 5.77. The van der Waals surface area contributed by atoms with Crippen LogP contribution in [0.25, 0.3) is 0 Å². The summed E-state index contributed by atoms with van der Waals surface area (Å²) in [7, 11) is 1.70. The lowest BCUT2D eigenvalue weighted by Crippen LogP contribution is -2.10. The van der Waals surface area contributed by atoms with Crippen molar-refractivity contribution in [2.45, 2.75) is 13.5 Å². The first-order valence-corrected chi connectivity index (χ1v) is 6.26. The van der Waals surface area contributed by atoms with Crippen LogP contribution in [0.4, 0.5) is 16.3 Å². The van der Waals surface area contributed by atoms with Crippen LogP contribution >= 0.6 is 0 Å². The first-order chi connectivity index (χ1) is 9.72. The molecule has 0 saturated carbocycles. The molecule has 0 aliphatic rings. The summed E-state index contributed by atoms with van der Waals surface area (Å²) < 4.78 is 18.8. The van der Waals surface area contributed by atoms with Crippen LogP contribution in [0.15, 0.2) is 24.3 Å². The Labute approximate surface area is 116 Å². The van der Waals surface area contributed by atoms with E-state index in [0.29, 0.717) is 24.1 Å². The fourth-order valence-electron chi connectivity index (χ4n) is 1.56. The Hall–Kier alpha value is -2.44. The molecule has 7 heteroatoms. The predicted molar refractivity (Wildman–Crippen MR) is 74.3 cm³/mol. The number of benzene rings is 1. The highest BCUT2D eigenvalue weighted by Crippen LogP contribution is 2.13. The largest absolute Gasteiger partial charge is 0.464 e. The molecule has 6 nitrogen and oxygen atoms in total. The lowest BCUT2D eigenvalue weighted by Gasteiger charge is -2.09. The molecule has 0 atom stereocenters. The zero-order valence-corrected chi connectivity index (χ0v) is 11.4. The molecule has 0 fully saturated rings. The molecule has 1 aromatic heterocycles. The third kappa shape index (κ3) is 3.53. The third-order valence-electron chi connectivity index (χ3n) is 2.51. The number of halogens is 1. The molecule has 0 bridgehead atoms. The quantitative estimate of drug-likeness (QED) is 0.842. The van der Waals surface area contributed by atoms with Crippen molar-refractivity contribution in [2.75, 3.05) is 24.3 Å². The highest BCUT2D eigenvalue weighted by molar-refractivity contribution is 5.36. The normalized spacial score (nSPS) is 10.2. The van der Waals surface area contributed by atoms with Crippen molar-refractivity contribution in [2.24, 2.45) is 0 Å². The molecular weight excluding hydrogens is 261 g/mol. The van der Waals surface area contributed by atoms with E-state index in [1.54, 1.807) is 25.2 Å². The number of hydrogen-bond donors (Lipinski definition) is 2. The molecular formula is C13H16FN5O. The predicted octanol–water partition coefficient (Wildman–Crippen LogP) is 2.06. The van der Waals surface area contributed by atoms with Gasteiger partial charge in [0.1, 0.15) is 5.82 Å². The van der Waals surface area contributed by atoms with Gasteiger partial charge in [-0.15, -0.1) is 0 Å². The van der Waals surface area contributed by atoms with Gasteiger partial charge in [-0.2, -0.15) is 15.0 Å². The van der Waals surface area contributed by atoms with Gasteiger partial charge in [0.15, 0.2) is 0 Å². The van der Waals surface area contributed by atoms with Gasteiger partial charge < -0.3 is 15.4 Å². The number of nitrogens with zero attached hydrogens (tertiary/aromatic N) is 3. The van der Waals surface area contributed by atoms with E-state index in [1.807, 2.05) is 6.92 Å². The number of aromatic nitrogens is 3. The molecule has 2 N–H and O–H groups in total. The zero-order chi connectivity index (χ0) is 14.4. The van der Waals surface area contributed by atoms with Crippen molar-refractivity contribution in [3.63, 3.8) is 0 Å². The summed E-state index contributed by atoms with van der Waals surface area (Å²) in [5.41, 5.74) is 0.539.